The molecule has 96 valence electrons. The molecular weight excluding hydrogens is 268 g/mol. The number of halogens is 1. The summed E-state index contributed by atoms with van der Waals surface area (Å²) in [5, 5.41) is 15.2. The van der Waals surface area contributed by atoms with Crippen LogP contribution in [0.15, 0.2) is 47.7 Å². The number of rotatable bonds is 4. The number of pyridine rings is 1. The van der Waals surface area contributed by atoms with E-state index in [1.807, 2.05) is 6.07 Å². The molecule has 0 bridgehead atoms. The minimum absolute atomic E-state index is 0.0794. The molecule has 1 aromatic carbocycles. The molecule has 1 aromatic heterocycles. The Hall–Kier alpha value is -2.47. The summed E-state index contributed by atoms with van der Waals surface area (Å²) in [7, 11) is 0. The smallest absolute Gasteiger partial charge is 0.258 e. The summed E-state index contributed by atoms with van der Waals surface area (Å²) in [6, 6.07) is 9.96. The van der Waals surface area contributed by atoms with Crippen molar-refractivity contribution < 1.29 is 4.92 Å². The predicted molar refractivity (Wildman–Crippen MR) is 73.6 cm³/mol. The van der Waals surface area contributed by atoms with Crippen LogP contribution in [0.2, 0.25) is 5.02 Å². The number of benzene rings is 1. The second kappa shape index (κ2) is 5.92. The van der Waals surface area contributed by atoms with E-state index < -0.39 is 4.92 Å². The van der Waals surface area contributed by atoms with Gasteiger partial charge in [-0.25, -0.2) is 4.98 Å². The standard InChI is InChI=1S/C12H9ClN4O2/c13-10-5-2-1-4-9(10)8-15-16-12-11(17(18)19)6-3-7-14-12/h1-8H,(H,14,16)/b15-8-. The van der Waals surface area contributed by atoms with Gasteiger partial charge in [0, 0.05) is 22.8 Å². The van der Waals surface area contributed by atoms with Gasteiger partial charge in [-0.2, -0.15) is 5.10 Å². The van der Waals surface area contributed by atoms with Crippen molar-refractivity contribution in [1.82, 2.24) is 4.98 Å². The molecule has 1 heterocycles. The Balaban J connectivity index is 2.15. The quantitative estimate of drug-likeness (QED) is 0.528. The SMILES string of the molecule is O=[N+]([O-])c1cccnc1N/N=C\c1ccccc1Cl. The predicted octanol–water partition coefficient (Wildman–Crippen LogP) is 3.09. The summed E-state index contributed by atoms with van der Waals surface area (Å²) in [6.07, 6.45) is 2.92. The van der Waals surface area contributed by atoms with Crippen molar-refractivity contribution in [1.29, 1.82) is 0 Å². The van der Waals surface area contributed by atoms with E-state index in [1.165, 1.54) is 24.5 Å². The third-order valence-corrected chi connectivity index (χ3v) is 2.61. The number of nitrogens with one attached hydrogen (secondary N) is 1. The maximum atomic E-state index is 10.8. The van der Waals surface area contributed by atoms with Crippen molar-refractivity contribution in [2.24, 2.45) is 5.10 Å². The third kappa shape index (κ3) is 3.26. The highest BCUT2D eigenvalue weighted by atomic mass is 35.5. The van der Waals surface area contributed by atoms with Crippen molar-refractivity contribution in [2.45, 2.75) is 0 Å². The van der Waals surface area contributed by atoms with E-state index in [2.05, 4.69) is 15.5 Å². The lowest BCUT2D eigenvalue weighted by Crippen LogP contribution is -1.99. The number of nitro groups is 1. The topological polar surface area (TPSA) is 80.4 Å². The molecule has 2 aromatic rings. The highest BCUT2D eigenvalue weighted by Crippen LogP contribution is 2.20. The minimum Gasteiger partial charge on any atom is -0.258 e. The Morgan fingerprint density at radius 3 is 2.84 bits per heavy atom. The first-order valence-electron chi connectivity index (χ1n) is 5.31. The van der Waals surface area contributed by atoms with Crippen LogP contribution in [0.25, 0.3) is 0 Å². The molecule has 0 atom stereocenters. The van der Waals surface area contributed by atoms with Crippen LogP contribution in [0, 0.1) is 10.1 Å². The number of hydrogen-bond acceptors (Lipinski definition) is 5. The maximum absolute atomic E-state index is 10.8. The fraction of sp³-hybridized carbons (Fsp3) is 0. The summed E-state index contributed by atoms with van der Waals surface area (Å²) in [5.74, 6) is 0.0794. The number of hydrazone groups is 1. The highest BCUT2D eigenvalue weighted by molar-refractivity contribution is 6.33. The van der Waals surface area contributed by atoms with E-state index in [4.69, 9.17) is 11.6 Å². The van der Waals surface area contributed by atoms with Crippen molar-refractivity contribution in [2.75, 3.05) is 5.43 Å². The molecule has 0 spiro atoms. The Kier molecular flexibility index (Phi) is 4.04. The average molecular weight is 277 g/mol. The fourth-order valence-electron chi connectivity index (χ4n) is 1.37. The Morgan fingerprint density at radius 1 is 1.32 bits per heavy atom. The summed E-state index contributed by atoms with van der Waals surface area (Å²) in [5.41, 5.74) is 3.09. The van der Waals surface area contributed by atoms with Crippen LogP contribution in [0.5, 0.6) is 0 Å². The first-order valence-corrected chi connectivity index (χ1v) is 5.69. The molecular formula is C12H9ClN4O2. The lowest BCUT2D eigenvalue weighted by molar-refractivity contribution is -0.384. The summed E-state index contributed by atoms with van der Waals surface area (Å²) in [6.45, 7) is 0. The lowest BCUT2D eigenvalue weighted by Gasteiger charge is -2.00. The second-order valence-corrected chi connectivity index (χ2v) is 3.93. The summed E-state index contributed by atoms with van der Waals surface area (Å²) >= 11 is 5.94. The zero-order chi connectivity index (χ0) is 13.7. The molecule has 6 nitrogen and oxygen atoms in total. The van der Waals surface area contributed by atoms with E-state index in [0.717, 1.165) is 0 Å². The first kappa shape index (κ1) is 13.0. The van der Waals surface area contributed by atoms with Gasteiger partial charge in [-0.3, -0.25) is 15.5 Å². The number of nitrogens with zero attached hydrogens (tertiary/aromatic N) is 3. The van der Waals surface area contributed by atoms with Crippen LogP contribution < -0.4 is 5.43 Å². The molecule has 0 radical (unpaired) electrons. The van der Waals surface area contributed by atoms with E-state index >= 15 is 0 Å². The number of aromatic nitrogens is 1. The van der Waals surface area contributed by atoms with Gasteiger partial charge in [0.15, 0.2) is 0 Å². The molecule has 0 aliphatic heterocycles. The summed E-state index contributed by atoms with van der Waals surface area (Å²) in [4.78, 5) is 14.1. The number of anilines is 1. The zero-order valence-corrected chi connectivity index (χ0v) is 10.4. The lowest BCUT2D eigenvalue weighted by atomic mass is 10.2. The third-order valence-electron chi connectivity index (χ3n) is 2.26. The van der Waals surface area contributed by atoms with Crippen LogP contribution in [-0.4, -0.2) is 16.1 Å². The molecule has 0 saturated carbocycles. The van der Waals surface area contributed by atoms with Crippen LogP contribution in [0.4, 0.5) is 11.5 Å². The summed E-state index contributed by atoms with van der Waals surface area (Å²) < 4.78 is 0. The Labute approximate surface area is 113 Å². The van der Waals surface area contributed by atoms with Crippen molar-refractivity contribution in [3.05, 3.63) is 63.3 Å². The van der Waals surface area contributed by atoms with Gasteiger partial charge in [-0.15, -0.1) is 0 Å². The van der Waals surface area contributed by atoms with Gasteiger partial charge in [-0.1, -0.05) is 29.8 Å². The van der Waals surface area contributed by atoms with Crippen LogP contribution in [-0.2, 0) is 0 Å². The Morgan fingerprint density at radius 2 is 2.11 bits per heavy atom. The molecule has 0 unspecified atom stereocenters. The fourth-order valence-corrected chi connectivity index (χ4v) is 1.56. The highest BCUT2D eigenvalue weighted by Gasteiger charge is 2.12. The zero-order valence-electron chi connectivity index (χ0n) is 9.65. The van der Waals surface area contributed by atoms with Crippen LogP contribution in [0.3, 0.4) is 0 Å². The average Bonchev–Trinajstić information content (AvgIpc) is 2.41. The van der Waals surface area contributed by atoms with Gasteiger partial charge in [0.1, 0.15) is 0 Å². The molecule has 0 amide bonds. The van der Waals surface area contributed by atoms with Crippen molar-refractivity contribution >= 4 is 29.3 Å². The molecule has 2 rings (SSSR count). The van der Waals surface area contributed by atoms with Gasteiger partial charge in [0.25, 0.3) is 0 Å². The molecule has 0 aliphatic rings. The molecule has 0 fully saturated rings. The molecule has 0 saturated heterocycles. The van der Waals surface area contributed by atoms with Gasteiger partial charge in [-0.05, 0) is 12.1 Å². The first-order chi connectivity index (χ1) is 9.18. The monoisotopic (exact) mass is 276 g/mol. The van der Waals surface area contributed by atoms with E-state index in [9.17, 15) is 10.1 Å². The van der Waals surface area contributed by atoms with Crippen molar-refractivity contribution in [3.8, 4) is 0 Å². The molecule has 0 aliphatic carbocycles. The van der Waals surface area contributed by atoms with Gasteiger partial charge < -0.3 is 0 Å². The van der Waals surface area contributed by atoms with E-state index in [1.54, 1.807) is 18.2 Å². The normalized spacial score (nSPS) is 10.6. The van der Waals surface area contributed by atoms with Gasteiger partial charge in [0.05, 0.1) is 11.1 Å². The van der Waals surface area contributed by atoms with E-state index in [-0.39, 0.29) is 11.5 Å². The van der Waals surface area contributed by atoms with Gasteiger partial charge >= 0.3 is 5.69 Å². The van der Waals surface area contributed by atoms with Crippen LogP contribution >= 0.6 is 11.6 Å². The minimum atomic E-state index is -0.527. The maximum Gasteiger partial charge on any atom is 0.313 e. The molecule has 7 heteroatoms. The van der Waals surface area contributed by atoms with Crippen LogP contribution in [0.1, 0.15) is 5.56 Å². The second-order valence-electron chi connectivity index (χ2n) is 3.52. The largest absolute Gasteiger partial charge is 0.313 e. The molecule has 19 heavy (non-hydrogen) atoms. The molecule has 1 N–H and O–H groups in total. The number of hydrogen-bond donors (Lipinski definition) is 1. The van der Waals surface area contributed by atoms with Gasteiger partial charge in [0.2, 0.25) is 5.82 Å². The van der Waals surface area contributed by atoms with Crippen molar-refractivity contribution in [3.63, 3.8) is 0 Å². The Bertz CT molecular complexity index is 631. The van der Waals surface area contributed by atoms with E-state index in [0.29, 0.717) is 10.6 Å².